The van der Waals surface area contributed by atoms with Gasteiger partial charge in [0, 0.05) is 25.2 Å². The lowest BCUT2D eigenvalue weighted by Gasteiger charge is -2.35. The third-order valence-corrected chi connectivity index (χ3v) is 5.26. The van der Waals surface area contributed by atoms with Crippen LogP contribution in [0.25, 0.3) is 0 Å². The molecule has 2 atom stereocenters. The number of nitrogens with zero attached hydrogens (tertiary/aromatic N) is 2. The molecule has 0 N–H and O–H groups in total. The number of hydrogen-bond acceptors (Lipinski definition) is 3. The Hall–Kier alpha value is -1.30. The van der Waals surface area contributed by atoms with Crippen LogP contribution < -0.4 is 0 Å². The fourth-order valence-electron chi connectivity index (χ4n) is 3.29. The number of rotatable bonds is 2. The summed E-state index contributed by atoms with van der Waals surface area (Å²) in [4.78, 5) is 29.1. The molecule has 0 radical (unpaired) electrons. The Morgan fingerprint density at radius 3 is 2.71 bits per heavy atom. The number of carbonyl (C=O) groups excluding carboxylic acids is 2. The quantitative estimate of drug-likeness (QED) is 0.803. The first kappa shape index (κ1) is 17.5. The average molecular weight is 371 g/mol. The van der Waals surface area contributed by atoms with Gasteiger partial charge in [0.1, 0.15) is 6.04 Å². The first-order chi connectivity index (χ1) is 11.5. The van der Waals surface area contributed by atoms with Gasteiger partial charge in [0.25, 0.3) is 5.91 Å². The molecule has 2 amide bonds. The van der Waals surface area contributed by atoms with E-state index < -0.39 is 6.04 Å². The lowest BCUT2D eigenvalue weighted by Crippen LogP contribution is -2.52. The number of ether oxygens (including phenoxy) is 1. The van der Waals surface area contributed by atoms with Crippen molar-refractivity contribution in [3.63, 3.8) is 0 Å². The molecule has 1 aromatic rings. The van der Waals surface area contributed by atoms with Gasteiger partial charge >= 0.3 is 0 Å². The van der Waals surface area contributed by atoms with Crippen molar-refractivity contribution >= 4 is 35.0 Å². The Morgan fingerprint density at radius 2 is 2.00 bits per heavy atom. The lowest BCUT2D eigenvalue weighted by molar-refractivity contribution is -0.142. The van der Waals surface area contributed by atoms with E-state index in [1.54, 1.807) is 28.0 Å². The Labute approximate surface area is 151 Å². The molecule has 0 aromatic heterocycles. The van der Waals surface area contributed by atoms with Crippen LogP contribution in [0.3, 0.4) is 0 Å². The van der Waals surface area contributed by atoms with E-state index in [2.05, 4.69) is 0 Å². The summed E-state index contributed by atoms with van der Waals surface area (Å²) in [5.74, 6) is -0.165. The van der Waals surface area contributed by atoms with Crippen LogP contribution in [0.4, 0.5) is 0 Å². The van der Waals surface area contributed by atoms with Gasteiger partial charge in [-0.05, 0) is 38.0 Å². The van der Waals surface area contributed by atoms with E-state index in [9.17, 15) is 9.59 Å². The van der Waals surface area contributed by atoms with E-state index in [1.807, 2.05) is 6.92 Å². The third-order valence-electron chi connectivity index (χ3n) is 4.52. The van der Waals surface area contributed by atoms with E-state index in [-0.39, 0.29) is 17.9 Å². The predicted molar refractivity (Wildman–Crippen MR) is 92.5 cm³/mol. The summed E-state index contributed by atoms with van der Waals surface area (Å²) in [6.45, 7) is 4.22. The minimum Gasteiger partial charge on any atom is -0.375 e. The highest BCUT2D eigenvalue weighted by Crippen LogP contribution is 2.26. The summed E-state index contributed by atoms with van der Waals surface area (Å²) < 4.78 is 5.49. The number of hydrogen-bond donors (Lipinski definition) is 0. The molecule has 130 valence electrons. The molecule has 2 heterocycles. The maximum Gasteiger partial charge on any atom is 0.254 e. The van der Waals surface area contributed by atoms with Gasteiger partial charge in [0.15, 0.2) is 0 Å². The summed E-state index contributed by atoms with van der Waals surface area (Å²) in [5, 5.41) is 0.746. The van der Waals surface area contributed by atoms with Crippen molar-refractivity contribution in [2.75, 3.05) is 26.2 Å². The molecule has 2 aliphatic rings. The van der Waals surface area contributed by atoms with Crippen LogP contribution in [0.5, 0.6) is 0 Å². The number of likely N-dealkylation sites (tertiary alicyclic amines) is 1. The van der Waals surface area contributed by atoms with Gasteiger partial charge < -0.3 is 14.5 Å². The van der Waals surface area contributed by atoms with Gasteiger partial charge in [-0.3, -0.25) is 9.59 Å². The highest BCUT2D eigenvalue weighted by molar-refractivity contribution is 6.42. The van der Waals surface area contributed by atoms with Crippen LogP contribution in [-0.4, -0.2) is 60.0 Å². The van der Waals surface area contributed by atoms with Gasteiger partial charge in [-0.2, -0.15) is 0 Å². The Morgan fingerprint density at radius 1 is 1.21 bits per heavy atom. The van der Waals surface area contributed by atoms with Crippen molar-refractivity contribution in [1.82, 2.24) is 9.80 Å². The molecule has 0 saturated carbocycles. The Balaban J connectivity index is 1.75. The van der Waals surface area contributed by atoms with Gasteiger partial charge in [-0.25, -0.2) is 0 Å². The van der Waals surface area contributed by atoms with Crippen LogP contribution in [0.15, 0.2) is 18.2 Å². The molecule has 1 aromatic carbocycles. The molecular formula is C17H20Cl2N2O3. The van der Waals surface area contributed by atoms with Crippen molar-refractivity contribution in [2.24, 2.45) is 0 Å². The largest absolute Gasteiger partial charge is 0.375 e. The minimum absolute atomic E-state index is 0.0102. The molecule has 7 heteroatoms. The highest BCUT2D eigenvalue weighted by atomic mass is 35.5. The smallest absolute Gasteiger partial charge is 0.254 e. The maximum absolute atomic E-state index is 12.8. The van der Waals surface area contributed by atoms with Crippen molar-refractivity contribution in [3.05, 3.63) is 33.8 Å². The van der Waals surface area contributed by atoms with Crippen LogP contribution in [0, 0.1) is 0 Å². The lowest BCUT2D eigenvalue weighted by atomic mass is 10.1. The van der Waals surface area contributed by atoms with Gasteiger partial charge in [0.2, 0.25) is 5.91 Å². The maximum atomic E-state index is 12.8. The van der Waals surface area contributed by atoms with Crippen LogP contribution in [-0.2, 0) is 9.53 Å². The number of benzene rings is 1. The zero-order chi connectivity index (χ0) is 17.3. The van der Waals surface area contributed by atoms with Crippen LogP contribution in [0.1, 0.15) is 30.1 Å². The van der Waals surface area contributed by atoms with Crippen molar-refractivity contribution in [2.45, 2.75) is 31.9 Å². The topological polar surface area (TPSA) is 49.9 Å². The van der Waals surface area contributed by atoms with Crippen molar-refractivity contribution in [1.29, 1.82) is 0 Å². The van der Waals surface area contributed by atoms with E-state index in [1.165, 1.54) is 0 Å². The van der Waals surface area contributed by atoms with E-state index in [4.69, 9.17) is 27.9 Å². The summed E-state index contributed by atoms with van der Waals surface area (Å²) in [6.07, 6.45) is 1.55. The molecule has 0 aliphatic carbocycles. The van der Waals surface area contributed by atoms with E-state index >= 15 is 0 Å². The average Bonchev–Trinajstić information content (AvgIpc) is 3.05. The van der Waals surface area contributed by atoms with Crippen molar-refractivity contribution in [3.8, 4) is 0 Å². The van der Waals surface area contributed by atoms with Crippen LogP contribution in [0.2, 0.25) is 10.0 Å². The normalized spacial score (nSPS) is 24.3. The first-order valence-electron chi connectivity index (χ1n) is 8.14. The second-order valence-corrected chi connectivity index (χ2v) is 7.07. The van der Waals surface area contributed by atoms with E-state index in [0.717, 1.165) is 6.42 Å². The fourth-order valence-corrected chi connectivity index (χ4v) is 3.59. The summed E-state index contributed by atoms with van der Waals surface area (Å²) >= 11 is 11.9. The molecule has 3 rings (SSSR count). The Kier molecular flexibility index (Phi) is 5.33. The SMILES string of the molecule is C[C@H]1CN(C(=O)[C@H]2CCCN2C(=O)c2ccc(Cl)c(Cl)c2)CCO1. The Bertz CT molecular complexity index is 653. The molecule has 5 nitrogen and oxygen atoms in total. The molecular weight excluding hydrogens is 351 g/mol. The number of carbonyl (C=O) groups is 2. The van der Waals surface area contributed by atoms with E-state index in [0.29, 0.717) is 48.3 Å². The second kappa shape index (κ2) is 7.30. The van der Waals surface area contributed by atoms with Gasteiger partial charge in [-0.15, -0.1) is 0 Å². The predicted octanol–water partition coefficient (Wildman–Crippen LogP) is 2.85. The standard InChI is InChI=1S/C17H20Cl2N2O3/c1-11-10-20(7-8-24-11)17(23)15-3-2-6-21(15)16(22)12-4-5-13(18)14(19)9-12/h4-5,9,11,15H,2-3,6-8,10H2,1H3/t11-,15+/m0/s1. The molecule has 2 saturated heterocycles. The number of halogens is 2. The third kappa shape index (κ3) is 3.53. The minimum atomic E-state index is -0.405. The van der Waals surface area contributed by atoms with Gasteiger partial charge in [-0.1, -0.05) is 23.2 Å². The zero-order valence-electron chi connectivity index (χ0n) is 13.5. The molecule has 0 unspecified atom stereocenters. The summed E-state index contributed by atoms with van der Waals surface area (Å²) in [5.41, 5.74) is 0.458. The van der Waals surface area contributed by atoms with Crippen LogP contribution >= 0.6 is 23.2 Å². The summed E-state index contributed by atoms with van der Waals surface area (Å²) in [7, 11) is 0. The zero-order valence-corrected chi connectivity index (χ0v) is 15.0. The molecule has 2 aliphatic heterocycles. The number of morpholine rings is 1. The molecule has 2 fully saturated rings. The summed E-state index contributed by atoms with van der Waals surface area (Å²) in [6, 6.07) is 4.40. The van der Waals surface area contributed by atoms with Crippen molar-refractivity contribution < 1.29 is 14.3 Å². The fraction of sp³-hybridized carbons (Fsp3) is 0.529. The van der Waals surface area contributed by atoms with Gasteiger partial charge in [0.05, 0.1) is 22.8 Å². The molecule has 0 spiro atoms. The monoisotopic (exact) mass is 370 g/mol. The first-order valence-corrected chi connectivity index (χ1v) is 8.89. The second-order valence-electron chi connectivity index (χ2n) is 6.25. The molecule has 0 bridgehead atoms. The molecule has 24 heavy (non-hydrogen) atoms. The highest BCUT2D eigenvalue weighted by Gasteiger charge is 2.38. The number of amides is 2.